The summed E-state index contributed by atoms with van der Waals surface area (Å²) in [4.78, 5) is 14.6. The first kappa shape index (κ1) is 23.1. The van der Waals surface area contributed by atoms with Crippen LogP contribution in [0.3, 0.4) is 0 Å². The molecule has 7 nitrogen and oxygen atoms in total. The van der Waals surface area contributed by atoms with E-state index in [9.17, 15) is 4.79 Å². The number of hydrogen-bond donors (Lipinski definition) is 1. The maximum Gasteiger partial charge on any atom is 0.222 e. The van der Waals surface area contributed by atoms with Gasteiger partial charge in [0.1, 0.15) is 5.82 Å². The normalized spacial score (nSPS) is 15.0. The molecule has 2 aromatic carbocycles. The fraction of sp³-hybridized carbons (Fsp3) is 0.423. The molecule has 1 N–H and O–H groups in total. The molecule has 2 heterocycles. The molecule has 1 aromatic heterocycles. The van der Waals surface area contributed by atoms with Crippen molar-refractivity contribution in [1.29, 1.82) is 0 Å². The van der Waals surface area contributed by atoms with Gasteiger partial charge >= 0.3 is 0 Å². The number of amides is 1. The van der Waals surface area contributed by atoms with Gasteiger partial charge in [-0.3, -0.25) is 9.69 Å². The van der Waals surface area contributed by atoms with Gasteiger partial charge in [-0.05, 0) is 42.2 Å². The van der Waals surface area contributed by atoms with Crippen molar-refractivity contribution in [1.82, 2.24) is 25.0 Å². The topological polar surface area (TPSA) is 72.3 Å². The summed E-state index contributed by atoms with van der Waals surface area (Å²) in [7, 11) is 1.60. The number of rotatable bonds is 8. The third-order valence-corrected chi connectivity index (χ3v) is 6.23. The number of benzene rings is 2. The van der Waals surface area contributed by atoms with Crippen molar-refractivity contribution in [3.63, 3.8) is 0 Å². The van der Waals surface area contributed by atoms with E-state index in [-0.39, 0.29) is 11.9 Å². The van der Waals surface area contributed by atoms with Crippen LogP contribution in [0, 0.1) is 6.92 Å². The second kappa shape index (κ2) is 10.7. The van der Waals surface area contributed by atoms with Gasteiger partial charge in [0.15, 0.2) is 5.82 Å². The number of hydrogen-bond acceptors (Lipinski definition) is 5. The summed E-state index contributed by atoms with van der Waals surface area (Å²) in [6, 6.07) is 17.2. The molecule has 1 amide bonds. The number of aromatic nitrogens is 3. The fourth-order valence-electron chi connectivity index (χ4n) is 4.43. The van der Waals surface area contributed by atoms with Gasteiger partial charge in [0.25, 0.3) is 0 Å². The van der Waals surface area contributed by atoms with E-state index in [0.717, 1.165) is 44.2 Å². The van der Waals surface area contributed by atoms with Gasteiger partial charge in [0.2, 0.25) is 5.91 Å². The number of methoxy groups -OCH3 is 1. The van der Waals surface area contributed by atoms with Gasteiger partial charge in [0, 0.05) is 46.1 Å². The fourth-order valence-corrected chi connectivity index (χ4v) is 4.43. The molecule has 174 valence electrons. The number of aryl methyl sites for hydroxylation is 1. The van der Waals surface area contributed by atoms with E-state index >= 15 is 0 Å². The lowest BCUT2D eigenvalue weighted by Gasteiger charge is -2.21. The van der Waals surface area contributed by atoms with Crippen molar-refractivity contribution >= 4 is 5.91 Å². The predicted molar refractivity (Wildman–Crippen MR) is 129 cm³/mol. The van der Waals surface area contributed by atoms with Gasteiger partial charge < -0.3 is 14.6 Å². The Bertz CT molecular complexity index is 1090. The molecular weight excluding hydrogens is 414 g/mol. The molecule has 1 atom stereocenters. The van der Waals surface area contributed by atoms with E-state index < -0.39 is 0 Å². The Labute approximate surface area is 195 Å². The van der Waals surface area contributed by atoms with Gasteiger partial charge in [-0.15, -0.1) is 10.2 Å². The van der Waals surface area contributed by atoms with Crippen molar-refractivity contribution in [3.8, 4) is 11.1 Å². The minimum absolute atomic E-state index is 0.0366. The number of carbonyl (C=O) groups is 1. The third kappa shape index (κ3) is 5.67. The summed E-state index contributed by atoms with van der Waals surface area (Å²) in [6.07, 6.45) is 1.19. The van der Waals surface area contributed by atoms with Crippen LogP contribution in [0.2, 0.25) is 0 Å². The number of fused-ring (bicyclic) bond motifs is 1. The number of nitrogens with one attached hydrogen (secondary N) is 1. The van der Waals surface area contributed by atoms with E-state index in [1.54, 1.807) is 7.11 Å². The molecule has 4 rings (SSSR count). The summed E-state index contributed by atoms with van der Waals surface area (Å²) in [5.74, 6) is 1.77. The lowest BCUT2D eigenvalue weighted by Crippen LogP contribution is -2.30. The van der Waals surface area contributed by atoms with Gasteiger partial charge in [-0.1, -0.05) is 42.5 Å². The summed E-state index contributed by atoms with van der Waals surface area (Å²) in [6.45, 7) is 8.09. The average molecular weight is 448 g/mol. The van der Waals surface area contributed by atoms with Crippen molar-refractivity contribution in [2.75, 3.05) is 26.8 Å². The first-order valence-corrected chi connectivity index (χ1v) is 11.6. The van der Waals surface area contributed by atoms with E-state index in [2.05, 4.69) is 80.4 Å². The Morgan fingerprint density at radius 3 is 2.79 bits per heavy atom. The lowest BCUT2D eigenvalue weighted by atomic mass is 9.99. The molecule has 33 heavy (non-hydrogen) atoms. The second-order valence-corrected chi connectivity index (χ2v) is 8.70. The maximum absolute atomic E-state index is 12.1. The highest BCUT2D eigenvalue weighted by Crippen LogP contribution is 2.25. The molecule has 0 bridgehead atoms. The van der Waals surface area contributed by atoms with Crippen LogP contribution in [0.5, 0.6) is 0 Å². The third-order valence-electron chi connectivity index (χ3n) is 6.23. The Kier molecular flexibility index (Phi) is 7.52. The summed E-state index contributed by atoms with van der Waals surface area (Å²) in [5.41, 5.74) is 5.15. The second-order valence-electron chi connectivity index (χ2n) is 8.70. The predicted octanol–water partition coefficient (Wildman–Crippen LogP) is 3.53. The summed E-state index contributed by atoms with van der Waals surface area (Å²) < 4.78 is 7.16. The van der Waals surface area contributed by atoms with Gasteiger partial charge in [-0.25, -0.2) is 0 Å². The number of carbonyl (C=O) groups excluding carboxylic acids is 1. The zero-order chi connectivity index (χ0) is 23.2. The maximum atomic E-state index is 12.1. The zero-order valence-electron chi connectivity index (χ0n) is 19.8. The summed E-state index contributed by atoms with van der Waals surface area (Å²) in [5, 5.41) is 11.8. The minimum atomic E-state index is -0.187. The molecule has 1 aliphatic rings. The monoisotopic (exact) mass is 447 g/mol. The largest absolute Gasteiger partial charge is 0.384 e. The van der Waals surface area contributed by atoms with E-state index in [1.165, 1.54) is 22.3 Å². The molecule has 0 saturated heterocycles. The summed E-state index contributed by atoms with van der Waals surface area (Å²) >= 11 is 0. The Balaban J connectivity index is 1.41. The zero-order valence-corrected chi connectivity index (χ0v) is 19.8. The molecule has 0 aliphatic carbocycles. The quantitative estimate of drug-likeness (QED) is 0.572. The molecular formula is C26H33N5O2. The molecule has 0 unspecified atom stereocenters. The highest BCUT2D eigenvalue weighted by atomic mass is 16.5. The van der Waals surface area contributed by atoms with Gasteiger partial charge in [0.05, 0.1) is 12.6 Å². The average Bonchev–Trinajstić information content (AvgIpc) is 3.13. The standard InChI is InChI=1S/C26H33N5O2/c1-19-7-4-5-10-23(19)22-9-6-8-21(17-22)18-30-13-11-24-28-29-26(31(24)15-14-30)20(2)27-25(32)12-16-33-3/h4-10,17,20H,11-16,18H2,1-3H3,(H,27,32)/t20-/m1/s1. The van der Waals surface area contributed by atoms with Crippen LogP contribution in [0.25, 0.3) is 11.1 Å². The first-order valence-electron chi connectivity index (χ1n) is 11.6. The molecule has 1 aliphatic heterocycles. The van der Waals surface area contributed by atoms with Crippen LogP contribution in [0.15, 0.2) is 48.5 Å². The highest BCUT2D eigenvalue weighted by Gasteiger charge is 2.22. The lowest BCUT2D eigenvalue weighted by molar-refractivity contribution is -0.122. The smallest absolute Gasteiger partial charge is 0.222 e. The molecule has 3 aromatic rings. The Hall–Kier alpha value is -3.03. The van der Waals surface area contributed by atoms with Gasteiger partial charge in [-0.2, -0.15) is 0 Å². The van der Waals surface area contributed by atoms with Crippen LogP contribution >= 0.6 is 0 Å². The van der Waals surface area contributed by atoms with E-state index in [0.29, 0.717) is 13.0 Å². The van der Waals surface area contributed by atoms with Crippen LogP contribution in [-0.2, 0) is 29.0 Å². The van der Waals surface area contributed by atoms with Crippen molar-refractivity contribution in [3.05, 3.63) is 71.3 Å². The number of nitrogens with zero attached hydrogens (tertiary/aromatic N) is 4. The van der Waals surface area contributed by atoms with E-state index in [4.69, 9.17) is 4.74 Å². The van der Waals surface area contributed by atoms with Crippen LogP contribution in [-0.4, -0.2) is 52.4 Å². The van der Waals surface area contributed by atoms with Crippen LogP contribution < -0.4 is 5.32 Å². The molecule has 0 fully saturated rings. The van der Waals surface area contributed by atoms with Crippen molar-refractivity contribution in [2.45, 2.75) is 45.8 Å². The Morgan fingerprint density at radius 1 is 1.12 bits per heavy atom. The molecule has 0 spiro atoms. The minimum Gasteiger partial charge on any atom is -0.384 e. The Morgan fingerprint density at radius 2 is 1.97 bits per heavy atom. The van der Waals surface area contributed by atoms with Crippen molar-refractivity contribution in [2.24, 2.45) is 0 Å². The van der Waals surface area contributed by atoms with Crippen LogP contribution in [0.4, 0.5) is 0 Å². The first-order chi connectivity index (χ1) is 16.0. The van der Waals surface area contributed by atoms with Crippen molar-refractivity contribution < 1.29 is 9.53 Å². The SMILES string of the molecule is COCCC(=O)N[C@H](C)c1nnc2n1CCN(Cc1cccc(-c3ccccc3C)c1)CC2. The van der Waals surface area contributed by atoms with E-state index in [1.807, 2.05) is 6.92 Å². The van der Waals surface area contributed by atoms with Crippen LogP contribution in [0.1, 0.15) is 42.2 Å². The molecule has 0 saturated carbocycles. The molecule has 0 radical (unpaired) electrons. The highest BCUT2D eigenvalue weighted by molar-refractivity contribution is 5.76. The molecule has 7 heteroatoms. The number of ether oxygens (including phenoxy) is 1.